The third kappa shape index (κ3) is 17.4. The Morgan fingerprint density at radius 3 is 0.953 bits per heavy atom. The Hall–Kier alpha value is -15.0. The van der Waals surface area contributed by atoms with Crippen molar-refractivity contribution < 1.29 is 30.6 Å². The molecule has 1 unspecified atom stereocenters. The molecule has 0 amide bonds. The molecule has 9 heteroatoms. The minimum atomic E-state index is -0.711. The lowest BCUT2D eigenvalue weighted by Crippen LogP contribution is -2.29. The highest BCUT2D eigenvalue weighted by Crippen LogP contribution is 2.61. The van der Waals surface area contributed by atoms with E-state index in [9.17, 15) is 30.6 Å². The van der Waals surface area contributed by atoms with Gasteiger partial charge in [0.25, 0.3) is 0 Å². The zero-order valence-corrected chi connectivity index (χ0v) is 88.9. The predicted molar refractivity (Wildman–Crippen MR) is 618 cm³/mol. The molecule has 20 aromatic carbocycles. The van der Waals surface area contributed by atoms with E-state index >= 15 is 0 Å². The quantitative estimate of drug-likeness (QED) is 0.0311. The second-order valence-corrected chi connectivity index (χ2v) is 44.0. The maximum absolute atomic E-state index is 12.2. The Morgan fingerprint density at radius 1 is 0.236 bits per heavy atom. The minimum Gasteiger partial charge on any atom is -0.507 e. The van der Waals surface area contributed by atoms with Gasteiger partial charge in [-0.3, -0.25) is 0 Å². The summed E-state index contributed by atoms with van der Waals surface area (Å²) in [4.78, 5) is 6.33. The molecule has 22 rings (SSSR count). The Morgan fingerprint density at radius 2 is 0.541 bits per heavy atom. The molecule has 0 saturated heterocycles. The van der Waals surface area contributed by atoms with Gasteiger partial charge in [-0.25, -0.2) is 0 Å². The molecule has 0 aromatic heterocycles. The number of rotatable bonds is 25. The van der Waals surface area contributed by atoms with Crippen molar-refractivity contribution in [2.45, 2.75) is 190 Å². The van der Waals surface area contributed by atoms with Gasteiger partial charge >= 0.3 is 0 Å². The van der Waals surface area contributed by atoms with Gasteiger partial charge in [-0.15, -0.1) is 0 Å². The number of phenolic OH excluding ortho intramolecular Hbond substituents is 6. The number of phenols is 6. The van der Waals surface area contributed by atoms with E-state index in [0.29, 0.717) is 47.3 Å². The molecule has 20 aromatic rings. The highest BCUT2D eigenvalue weighted by atomic mass is 32.2. The van der Waals surface area contributed by atoms with Crippen LogP contribution in [0.25, 0.3) is 54.6 Å². The van der Waals surface area contributed by atoms with Crippen molar-refractivity contribution in [3.63, 3.8) is 0 Å². The maximum Gasteiger partial charge on any atom is 0.123 e. The lowest BCUT2D eigenvalue weighted by Gasteiger charge is -2.36. The van der Waals surface area contributed by atoms with Crippen LogP contribution in [0.2, 0.25) is 0 Å². The van der Waals surface area contributed by atoms with E-state index in [1.807, 2.05) is 45.0 Å². The van der Waals surface area contributed by atoms with E-state index in [2.05, 4.69) is 464 Å². The van der Waals surface area contributed by atoms with Crippen LogP contribution in [0.5, 0.6) is 34.5 Å². The topological polar surface area (TPSA) is 121 Å². The van der Waals surface area contributed by atoms with Crippen molar-refractivity contribution in [3.8, 4) is 56.8 Å². The molecule has 0 bridgehead atoms. The van der Waals surface area contributed by atoms with Gasteiger partial charge < -0.3 is 30.6 Å². The Bertz CT molecular complexity index is 8010. The van der Waals surface area contributed by atoms with E-state index in [1.165, 1.54) is 60.8 Å². The van der Waals surface area contributed by atoms with Crippen molar-refractivity contribution in [3.05, 3.63) is 547 Å². The summed E-state index contributed by atoms with van der Waals surface area (Å²) in [5.41, 5.74) is 25.4. The molecule has 0 heterocycles. The Kier molecular flexibility index (Phi) is 28.1. The van der Waals surface area contributed by atoms with Crippen molar-refractivity contribution in [2.75, 3.05) is 0 Å². The SMILES string of the molecule is CCc1cc(Sc2cc(C)c(O)c(C(C)(c3cccc4ccccc34)c3cccc4ccccc34)c2)cc(C(C)(CC)c2cccc3ccccc23)c1O.CCc1cc(Sc2cc(C)c(O)c(C(C)(c3ccccc3)c3ccccc3)c2)cc(C(CC)(c2ccccc2)c2ccccc2)c1O.CCc1cc(Sc2cc(C)c(O)c(C3(C)c4ccccc4-c4ccccc43)c2)cc(C2(CC)c3ccccc3-c3ccccc32)c1O. The summed E-state index contributed by atoms with van der Waals surface area (Å²) in [6, 6.07) is 147. The van der Waals surface area contributed by atoms with Crippen molar-refractivity contribution in [1.29, 1.82) is 0 Å². The molecule has 0 fully saturated rings. The summed E-state index contributed by atoms with van der Waals surface area (Å²) >= 11 is 5.08. The molecular formula is C139H126O6S3. The van der Waals surface area contributed by atoms with Gasteiger partial charge in [0.05, 0.1) is 0 Å². The average molecular weight is 1990 g/mol. The third-order valence-corrected chi connectivity index (χ3v) is 35.4. The van der Waals surface area contributed by atoms with E-state index in [4.69, 9.17) is 0 Å². The van der Waals surface area contributed by atoms with E-state index in [0.717, 1.165) is 177 Å². The number of hydrogen-bond acceptors (Lipinski definition) is 9. The van der Waals surface area contributed by atoms with Crippen LogP contribution in [-0.4, -0.2) is 30.6 Å². The van der Waals surface area contributed by atoms with Gasteiger partial charge in [-0.2, -0.15) is 0 Å². The molecule has 0 radical (unpaired) electrons. The van der Waals surface area contributed by atoms with Crippen LogP contribution in [0.1, 0.15) is 216 Å². The molecule has 1 atom stereocenters. The average Bonchev–Trinajstić information content (AvgIpc) is 1.53. The zero-order valence-electron chi connectivity index (χ0n) is 86.5. The van der Waals surface area contributed by atoms with Crippen LogP contribution < -0.4 is 0 Å². The van der Waals surface area contributed by atoms with E-state index in [1.54, 1.807) is 35.3 Å². The maximum atomic E-state index is 12.2. The first-order valence-electron chi connectivity index (χ1n) is 52.0. The highest BCUT2D eigenvalue weighted by molar-refractivity contribution is 8.00. The summed E-state index contributed by atoms with van der Waals surface area (Å²) in [6.07, 6.45) is 4.57. The number of benzene rings is 20. The third-order valence-electron chi connectivity index (χ3n) is 32.6. The summed E-state index contributed by atoms with van der Waals surface area (Å²) in [6.45, 7) is 27.9. The normalized spacial score (nSPS) is 13.2. The molecule has 2 aliphatic carbocycles. The largest absolute Gasteiger partial charge is 0.507 e. The smallest absolute Gasteiger partial charge is 0.123 e. The van der Waals surface area contributed by atoms with Crippen LogP contribution in [-0.2, 0) is 51.8 Å². The first kappa shape index (κ1) is 100. The molecule has 6 N–H and O–H groups in total. The Labute approximate surface area is 885 Å². The first-order valence-corrected chi connectivity index (χ1v) is 54.5. The minimum absolute atomic E-state index is 0.304. The number of hydrogen-bond donors (Lipinski definition) is 6. The van der Waals surface area contributed by atoms with Gasteiger partial charge in [0, 0.05) is 95.2 Å². The van der Waals surface area contributed by atoms with Crippen LogP contribution >= 0.6 is 35.3 Å². The van der Waals surface area contributed by atoms with E-state index < -0.39 is 32.5 Å². The number of aryl methyl sites for hydroxylation is 6. The molecule has 0 aliphatic heterocycles. The number of fused-ring (bicyclic) bond motifs is 9. The van der Waals surface area contributed by atoms with Crippen LogP contribution in [0.3, 0.4) is 0 Å². The van der Waals surface area contributed by atoms with Crippen LogP contribution in [0.15, 0.2) is 448 Å². The lowest BCUT2D eigenvalue weighted by atomic mass is 9.67. The summed E-state index contributed by atoms with van der Waals surface area (Å²) < 4.78 is 0. The summed E-state index contributed by atoms with van der Waals surface area (Å²) in [5, 5.41) is 78.3. The molecule has 0 spiro atoms. The van der Waals surface area contributed by atoms with Crippen LogP contribution in [0.4, 0.5) is 0 Å². The molecule has 2 aliphatic rings. The summed E-state index contributed by atoms with van der Waals surface area (Å²) in [5.74, 6) is 2.07. The highest BCUT2D eigenvalue weighted by Gasteiger charge is 2.48. The fourth-order valence-electron chi connectivity index (χ4n) is 24.5. The van der Waals surface area contributed by atoms with Crippen molar-refractivity contribution in [2.24, 2.45) is 0 Å². The van der Waals surface area contributed by atoms with Crippen LogP contribution in [0, 0.1) is 20.8 Å². The standard InChI is InChI=1S/C51H46O2S.C44H38O2S.C44H42O2S/c1-6-34-30-39(31-46(49(34)53)50(4,7-2)43-26-14-20-35-17-8-11-23-40(35)43)54-38-29-33(3)48(52)47(32-38)51(5,44-27-15-21-36-18-9-12-24-41(36)44)45-28-16-22-37-19-10-13-25-42(37)45;1-5-28-24-30(26-40(42(28)46)44(6-2)37-21-13-9-17-33(37)34-18-10-14-22-38(34)44)47-29-23-27(3)41(45)39(25-29)43(4)35-19-11-7-15-31(35)32-16-8-12-20-36(32)43;1-5-32-28-38(30-40(42(32)46)44(6-2,35-23-15-9-16-24-35)36-25-17-10-18-26-36)47-37-27-31(3)41(45)39(29-37)43(4,33-19-11-7-12-20-33)34-21-13-8-14-22-34/h8-32,52-53H,6-7H2,1-5H3;7-26,45-46H,5-6H2,1-4H3;7-30,45-46H,5-6H2,1-4H3. The Balaban J connectivity index is 0.000000135. The predicted octanol–water partition coefficient (Wildman–Crippen LogP) is 36.0. The monoisotopic (exact) mass is 1990 g/mol. The van der Waals surface area contributed by atoms with Gasteiger partial charge in [0.2, 0.25) is 0 Å². The van der Waals surface area contributed by atoms with Gasteiger partial charge in [0.15, 0.2) is 0 Å². The molecule has 6 nitrogen and oxygen atoms in total. The van der Waals surface area contributed by atoms with Crippen molar-refractivity contribution >= 4 is 67.6 Å². The second-order valence-electron chi connectivity index (χ2n) is 40.5. The van der Waals surface area contributed by atoms with Gasteiger partial charge in [-0.05, 0) is 302 Å². The first-order chi connectivity index (χ1) is 71.8. The number of aromatic hydroxyl groups is 6. The fraction of sp³-hybridized carbons (Fsp3) is 0.180. The molecular weight excluding hydrogens is 1860 g/mol. The lowest BCUT2D eigenvalue weighted by molar-refractivity contribution is 0.435. The second kappa shape index (κ2) is 41.4. The fourth-order valence-corrected chi connectivity index (χ4v) is 27.7. The van der Waals surface area contributed by atoms with Gasteiger partial charge in [0.1, 0.15) is 34.5 Å². The molecule has 736 valence electrons. The zero-order chi connectivity index (χ0) is 103. The summed E-state index contributed by atoms with van der Waals surface area (Å²) in [7, 11) is 0. The van der Waals surface area contributed by atoms with Crippen molar-refractivity contribution in [1.82, 2.24) is 0 Å². The molecule has 0 saturated carbocycles. The molecule has 148 heavy (non-hydrogen) atoms. The van der Waals surface area contributed by atoms with E-state index in [-0.39, 0.29) is 0 Å². The van der Waals surface area contributed by atoms with Gasteiger partial charge in [-0.1, -0.05) is 430 Å².